The Morgan fingerprint density at radius 3 is 2.48 bits per heavy atom. The highest BCUT2D eigenvalue weighted by Crippen LogP contribution is 2.33. The number of halogens is 3. The van der Waals surface area contributed by atoms with E-state index in [2.05, 4.69) is 5.10 Å². The zero-order valence-electron chi connectivity index (χ0n) is 17.0. The minimum Gasteiger partial charge on any atom is -0.480 e. The molecule has 0 radical (unpaired) electrons. The van der Waals surface area contributed by atoms with Crippen molar-refractivity contribution in [1.82, 2.24) is 5.01 Å². The minimum atomic E-state index is -0.731. The van der Waals surface area contributed by atoms with Crippen LogP contribution >= 0.6 is 34.8 Å². The van der Waals surface area contributed by atoms with Crippen LogP contribution in [-0.4, -0.2) is 35.8 Å². The molecule has 170 valence electrons. The number of hydrazone groups is 1. The molecule has 1 aliphatic heterocycles. The lowest BCUT2D eigenvalue weighted by Crippen LogP contribution is -2.32. The van der Waals surface area contributed by atoms with Crippen LogP contribution in [-0.2, 0) is 14.3 Å². The standard InChI is InChI=1S/C23H17Cl3N2O5/c24-15-5-3-14(4-6-15)18-11-19(21-2-1-9-31-21)28(27-18)22(29)12-33-23(30)13-32-20-8-7-16(25)10-17(20)26/h1-10,19H,11-13H2. The Kier molecular flexibility index (Phi) is 7.23. The second-order valence-corrected chi connectivity index (χ2v) is 8.33. The van der Waals surface area contributed by atoms with Gasteiger partial charge in [-0.15, -0.1) is 0 Å². The fourth-order valence-corrected chi connectivity index (χ4v) is 3.83. The lowest BCUT2D eigenvalue weighted by molar-refractivity contribution is -0.154. The summed E-state index contributed by atoms with van der Waals surface area (Å²) in [5, 5.41) is 7.03. The van der Waals surface area contributed by atoms with E-state index in [1.165, 1.54) is 23.4 Å². The number of rotatable bonds is 7. The van der Waals surface area contributed by atoms with E-state index in [0.717, 1.165) is 5.56 Å². The average Bonchev–Trinajstić information content (AvgIpc) is 3.47. The number of amides is 1. The largest absolute Gasteiger partial charge is 0.480 e. The number of benzene rings is 2. The normalized spacial score (nSPS) is 15.3. The van der Waals surface area contributed by atoms with Crippen LogP contribution in [0.1, 0.15) is 23.8 Å². The summed E-state index contributed by atoms with van der Waals surface area (Å²) in [5.41, 5.74) is 1.52. The third-order valence-corrected chi connectivity index (χ3v) is 5.59. The number of carbonyl (C=O) groups excluding carboxylic acids is 2. The van der Waals surface area contributed by atoms with Crippen molar-refractivity contribution in [3.05, 3.63) is 87.3 Å². The zero-order chi connectivity index (χ0) is 23.4. The van der Waals surface area contributed by atoms with Gasteiger partial charge in [0.25, 0.3) is 5.91 Å². The first-order valence-corrected chi connectivity index (χ1v) is 11.0. The maximum absolute atomic E-state index is 12.9. The van der Waals surface area contributed by atoms with Crippen LogP contribution in [0.4, 0.5) is 0 Å². The molecule has 0 bridgehead atoms. The summed E-state index contributed by atoms with van der Waals surface area (Å²) in [6.07, 6.45) is 1.96. The monoisotopic (exact) mass is 506 g/mol. The summed E-state index contributed by atoms with van der Waals surface area (Å²) in [7, 11) is 0. The lowest BCUT2D eigenvalue weighted by atomic mass is 10.0. The highest BCUT2D eigenvalue weighted by atomic mass is 35.5. The van der Waals surface area contributed by atoms with Gasteiger partial charge in [0.2, 0.25) is 0 Å². The second kappa shape index (κ2) is 10.3. The molecule has 1 atom stereocenters. The Labute approximate surface area is 204 Å². The number of furan rings is 1. The molecule has 4 rings (SSSR count). The summed E-state index contributed by atoms with van der Waals surface area (Å²) in [6, 6.07) is 14.8. The van der Waals surface area contributed by atoms with Crippen molar-refractivity contribution in [3.63, 3.8) is 0 Å². The van der Waals surface area contributed by atoms with Crippen molar-refractivity contribution < 1.29 is 23.5 Å². The van der Waals surface area contributed by atoms with Crippen LogP contribution in [0.5, 0.6) is 5.75 Å². The molecule has 1 unspecified atom stereocenters. The Bertz CT molecular complexity index is 1180. The molecular weight excluding hydrogens is 491 g/mol. The quantitative estimate of drug-likeness (QED) is 0.392. The van der Waals surface area contributed by atoms with Crippen molar-refractivity contribution >= 4 is 52.4 Å². The minimum absolute atomic E-state index is 0.258. The van der Waals surface area contributed by atoms with E-state index in [9.17, 15) is 9.59 Å². The molecule has 0 aliphatic carbocycles. The number of carbonyl (C=O) groups is 2. The first-order chi connectivity index (χ1) is 15.9. The van der Waals surface area contributed by atoms with Crippen LogP contribution in [0.3, 0.4) is 0 Å². The Balaban J connectivity index is 1.40. The summed E-state index contributed by atoms with van der Waals surface area (Å²) < 4.78 is 15.9. The maximum atomic E-state index is 12.9. The lowest BCUT2D eigenvalue weighted by Gasteiger charge is -2.19. The highest BCUT2D eigenvalue weighted by molar-refractivity contribution is 6.35. The van der Waals surface area contributed by atoms with Crippen LogP contribution in [0.2, 0.25) is 15.1 Å². The number of esters is 1. The van der Waals surface area contributed by atoms with E-state index >= 15 is 0 Å². The molecule has 33 heavy (non-hydrogen) atoms. The molecule has 0 saturated carbocycles. The van der Waals surface area contributed by atoms with Gasteiger partial charge >= 0.3 is 5.97 Å². The van der Waals surface area contributed by atoms with E-state index < -0.39 is 31.1 Å². The van der Waals surface area contributed by atoms with Gasteiger partial charge in [0.05, 0.1) is 17.0 Å². The topological polar surface area (TPSA) is 81.3 Å². The van der Waals surface area contributed by atoms with E-state index in [-0.39, 0.29) is 10.8 Å². The molecular formula is C23H17Cl3N2O5. The van der Waals surface area contributed by atoms with E-state index in [4.69, 9.17) is 48.7 Å². The maximum Gasteiger partial charge on any atom is 0.344 e. The third kappa shape index (κ3) is 5.68. The zero-order valence-corrected chi connectivity index (χ0v) is 19.3. The summed E-state index contributed by atoms with van der Waals surface area (Å²) in [4.78, 5) is 24.9. The van der Waals surface area contributed by atoms with Crippen LogP contribution in [0.15, 0.2) is 70.4 Å². The van der Waals surface area contributed by atoms with Crippen LogP contribution in [0, 0.1) is 0 Å². The Morgan fingerprint density at radius 1 is 1.03 bits per heavy atom. The fraction of sp³-hybridized carbons (Fsp3) is 0.174. The van der Waals surface area contributed by atoms with Gasteiger partial charge in [-0.25, -0.2) is 9.80 Å². The van der Waals surface area contributed by atoms with E-state index in [0.29, 0.717) is 27.9 Å². The molecule has 1 amide bonds. The van der Waals surface area contributed by atoms with Gasteiger partial charge in [0.1, 0.15) is 17.6 Å². The second-order valence-electron chi connectivity index (χ2n) is 7.05. The van der Waals surface area contributed by atoms with Crippen molar-refractivity contribution in [2.24, 2.45) is 5.10 Å². The smallest absolute Gasteiger partial charge is 0.344 e. The summed E-state index contributed by atoms with van der Waals surface area (Å²) in [5.74, 6) is -0.384. The molecule has 0 fully saturated rings. The van der Waals surface area contributed by atoms with Crippen molar-refractivity contribution in [2.45, 2.75) is 12.5 Å². The molecule has 0 spiro atoms. The van der Waals surface area contributed by atoms with Gasteiger partial charge in [-0.2, -0.15) is 5.10 Å². The molecule has 1 aromatic heterocycles. The average molecular weight is 508 g/mol. The predicted octanol–water partition coefficient (Wildman–Crippen LogP) is 5.54. The SMILES string of the molecule is O=C(COc1ccc(Cl)cc1Cl)OCC(=O)N1N=C(c2ccc(Cl)cc2)CC1c1ccco1. The Morgan fingerprint density at radius 2 is 1.79 bits per heavy atom. The van der Waals surface area contributed by atoms with Gasteiger partial charge in [-0.05, 0) is 48.0 Å². The Hall–Kier alpha value is -3.00. The number of nitrogens with zero attached hydrogens (tertiary/aromatic N) is 2. The summed E-state index contributed by atoms with van der Waals surface area (Å²) in [6.45, 7) is -0.930. The van der Waals surface area contributed by atoms with Crippen molar-refractivity contribution in [1.29, 1.82) is 0 Å². The van der Waals surface area contributed by atoms with E-state index in [1.807, 2.05) is 12.1 Å². The van der Waals surface area contributed by atoms with E-state index in [1.54, 1.807) is 30.3 Å². The number of hydrogen-bond acceptors (Lipinski definition) is 6. The molecule has 0 N–H and O–H groups in total. The first kappa shape index (κ1) is 23.2. The van der Waals surface area contributed by atoms with Crippen LogP contribution < -0.4 is 4.74 Å². The van der Waals surface area contributed by atoms with Crippen molar-refractivity contribution in [2.75, 3.05) is 13.2 Å². The molecule has 7 nitrogen and oxygen atoms in total. The molecule has 10 heteroatoms. The molecule has 0 saturated heterocycles. The number of hydrogen-bond donors (Lipinski definition) is 0. The van der Waals surface area contributed by atoms with Gasteiger partial charge < -0.3 is 13.9 Å². The predicted molar refractivity (Wildman–Crippen MR) is 124 cm³/mol. The van der Waals surface area contributed by atoms with Crippen LogP contribution in [0.25, 0.3) is 0 Å². The van der Waals surface area contributed by atoms with Crippen molar-refractivity contribution in [3.8, 4) is 5.75 Å². The van der Waals surface area contributed by atoms with Gasteiger partial charge in [0.15, 0.2) is 13.2 Å². The summed E-state index contributed by atoms with van der Waals surface area (Å²) >= 11 is 17.8. The molecule has 2 aromatic carbocycles. The molecule has 1 aliphatic rings. The van der Waals surface area contributed by atoms with Gasteiger partial charge in [-0.1, -0.05) is 46.9 Å². The number of ether oxygens (including phenoxy) is 2. The fourth-order valence-electron chi connectivity index (χ4n) is 3.24. The molecule has 3 aromatic rings. The van der Waals surface area contributed by atoms with Gasteiger partial charge in [-0.3, -0.25) is 4.79 Å². The third-order valence-electron chi connectivity index (χ3n) is 4.81. The van der Waals surface area contributed by atoms with Gasteiger partial charge in [0, 0.05) is 16.5 Å². The molecule has 2 heterocycles. The first-order valence-electron chi connectivity index (χ1n) is 9.83. The highest BCUT2D eigenvalue weighted by Gasteiger charge is 2.35.